The highest BCUT2D eigenvalue weighted by molar-refractivity contribution is 5.87. The van der Waals surface area contributed by atoms with Gasteiger partial charge in [-0.15, -0.1) is 0 Å². The molecule has 1 aromatic heterocycles. The maximum atomic E-state index is 11.1. The van der Waals surface area contributed by atoms with Crippen molar-refractivity contribution in [2.45, 2.75) is 51.5 Å². The Morgan fingerprint density at radius 3 is 2.39 bits per heavy atom. The molecule has 5 rings (SSSR count). The Bertz CT molecular complexity index is 1250. The van der Waals surface area contributed by atoms with Gasteiger partial charge in [0.1, 0.15) is 5.82 Å². The van der Waals surface area contributed by atoms with Gasteiger partial charge in [-0.25, -0.2) is 9.78 Å². The van der Waals surface area contributed by atoms with Crippen LogP contribution in [0.2, 0.25) is 0 Å². The Balaban J connectivity index is 1.46. The monoisotopic (exact) mass is 438 g/mol. The van der Waals surface area contributed by atoms with Gasteiger partial charge in [0, 0.05) is 12.1 Å². The summed E-state index contributed by atoms with van der Waals surface area (Å²) in [6.45, 7) is 1.03. The lowest BCUT2D eigenvalue weighted by Gasteiger charge is -2.23. The number of aryl methyl sites for hydroxylation is 2. The molecule has 1 aliphatic carbocycles. The zero-order chi connectivity index (χ0) is 22.6. The van der Waals surface area contributed by atoms with Crippen molar-refractivity contribution in [2.24, 2.45) is 5.92 Å². The topological polar surface area (TPSA) is 55.1 Å². The van der Waals surface area contributed by atoms with Gasteiger partial charge in [0.25, 0.3) is 0 Å². The fraction of sp³-hybridized carbons (Fsp3) is 0.310. The van der Waals surface area contributed by atoms with Gasteiger partial charge in [0.15, 0.2) is 0 Å². The molecule has 0 amide bonds. The fourth-order valence-electron chi connectivity index (χ4n) is 5.14. The molecule has 0 radical (unpaired) electrons. The number of nitrogens with zero attached hydrogens (tertiary/aromatic N) is 2. The van der Waals surface area contributed by atoms with Crippen LogP contribution in [-0.4, -0.2) is 20.6 Å². The summed E-state index contributed by atoms with van der Waals surface area (Å²) >= 11 is 0. The van der Waals surface area contributed by atoms with Crippen molar-refractivity contribution in [3.05, 3.63) is 89.5 Å². The first-order valence-corrected chi connectivity index (χ1v) is 12.0. The van der Waals surface area contributed by atoms with E-state index in [1.165, 1.54) is 48.7 Å². The predicted octanol–water partition coefficient (Wildman–Crippen LogP) is 6.77. The van der Waals surface area contributed by atoms with Gasteiger partial charge in [-0.1, -0.05) is 67.8 Å². The molecule has 1 heterocycles. The first-order chi connectivity index (χ1) is 16.2. The molecule has 4 aromatic rings. The minimum absolute atomic E-state index is 0.329. The van der Waals surface area contributed by atoms with Crippen molar-refractivity contribution >= 4 is 17.0 Å². The molecule has 3 aromatic carbocycles. The standard InChI is InChI=1S/C29H30N2O2/c32-29(33)24-18-15-21(16-19-24)14-17-23-10-4-5-11-25(23)28-30-26-12-6-7-13-27(26)31(28)20-22-8-2-1-3-9-22/h4-7,10-13,15-16,18-19,22H,1-3,8-9,14,17,20H2,(H,32,33). The van der Waals surface area contributed by atoms with Crippen molar-refractivity contribution in [3.63, 3.8) is 0 Å². The number of aromatic carboxylic acids is 1. The summed E-state index contributed by atoms with van der Waals surface area (Å²) < 4.78 is 2.45. The number of benzene rings is 3. The van der Waals surface area contributed by atoms with E-state index < -0.39 is 5.97 Å². The van der Waals surface area contributed by atoms with Crippen molar-refractivity contribution in [2.75, 3.05) is 0 Å². The van der Waals surface area contributed by atoms with Crippen molar-refractivity contribution in [3.8, 4) is 11.4 Å². The number of para-hydroxylation sites is 2. The zero-order valence-corrected chi connectivity index (χ0v) is 18.9. The van der Waals surface area contributed by atoms with Gasteiger partial charge in [0.05, 0.1) is 16.6 Å². The highest BCUT2D eigenvalue weighted by Crippen LogP contribution is 2.32. The Kier molecular flexibility index (Phi) is 6.25. The number of aromatic nitrogens is 2. The summed E-state index contributed by atoms with van der Waals surface area (Å²) in [6, 6.07) is 24.3. The third-order valence-corrected chi connectivity index (χ3v) is 6.96. The Labute approximate surface area is 194 Å². The van der Waals surface area contributed by atoms with Gasteiger partial charge in [-0.05, 0) is 67.0 Å². The summed E-state index contributed by atoms with van der Waals surface area (Å²) in [4.78, 5) is 16.2. The van der Waals surface area contributed by atoms with Crippen LogP contribution in [0.5, 0.6) is 0 Å². The molecular weight excluding hydrogens is 408 g/mol. The predicted molar refractivity (Wildman–Crippen MR) is 133 cm³/mol. The average Bonchev–Trinajstić information content (AvgIpc) is 3.22. The smallest absolute Gasteiger partial charge is 0.335 e. The van der Waals surface area contributed by atoms with Crippen LogP contribution in [0.15, 0.2) is 72.8 Å². The van der Waals surface area contributed by atoms with Gasteiger partial charge in [-0.3, -0.25) is 0 Å². The lowest BCUT2D eigenvalue weighted by atomic mass is 9.89. The zero-order valence-electron chi connectivity index (χ0n) is 18.9. The first-order valence-electron chi connectivity index (χ1n) is 12.0. The van der Waals surface area contributed by atoms with E-state index >= 15 is 0 Å². The average molecular weight is 439 g/mol. The molecule has 33 heavy (non-hydrogen) atoms. The molecule has 4 nitrogen and oxygen atoms in total. The fourth-order valence-corrected chi connectivity index (χ4v) is 5.14. The van der Waals surface area contributed by atoms with E-state index in [0.29, 0.717) is 5.56 Å². The van der Waals surface area contributed by atoms with E-state index in [9.17, 15) is 4.79 Å². The Hall–Kier alpha value is -3.40. The Morgan fingerprint density at radius 2 is 1.61 bits per heavy atom. The normalized spacial score (nSPS) is 14.5. The quantitative estimate of drug-likeness (QED) is 0.346. The third kappa shape index (κ3) is 4.70. The van der Waals surface area contributed by atoms with Crippen LogP contribution in [0.3, 0.4) is 0 Å². The number of fused-ring (bicyclic) bond motifs is 1. The molecule has 1 saturated carbocycles. The van der Waals surface area contributed by atoms with Crippen LogP contribution in [0, 0.1) is 5.92 Å². The van der Waals surface area contributed by atoms with E-state index in [1.54, 1.807) is 12.1 Å². The first kappa shape index (κ1) is 21.4. The number of carboxylic acids is 1. The van der Waals surface area contributed by atoms with E-state index in [-0.39, 0.29) is 0 Å². The van der Waals surface area contributed by atoms with Gasteiger partial charge >= 0.3 is 5.97 Å². The largest absolute Gasteiger partial charge is 0.478 e. The van der Waals surface area contributed by atoms with Crippen LogP contribution in [0.25, 0.3) is 22.4 Å². The number of carboxylic acid groups (broad SMARTS) is 1. The molecule has 0 spiro atoms. The number of carbonyl (C=O) groups is 1. The highest BCUT2D eigenvalue weighted by Gasteiger charge is 2.20. The summed E-state index contributed by atoms with van der Waals surface area (Å²) in [5, 5.41) is 9.14. The molecular formula is C29H30N2O2. The van der Waals surface area contributed by atoms with E-state index in [0.717, 1.165) is 42.2 Å². The highest BCUT2D eigenvalue weighted by atomic mass is 16.4. The molecule has 0 unspecified atom stereocenters. The van der Waals surface area contributed by atoms with Crippen molar-refractivity contribution < 1.29 is 9.90 Å². The minimum atomic E-state index is -0.885. The van der Waals surface area contributed by atoms with Crippen LogP contribution < -0.4 is 0 Å². The van der Waals surface area contributed by atoms with Crippen molar-refractivity contribution in [1.29, 1.82) is 0 Å². The van der Waals surface area contributed by atoms with Gasteiger partial charge < -0.3 is 9.67 Å². The van der Waals surface area contributed by atoms with E-state index in [4.69, 9.17) is 10.1 Å². The van der Waals surface area contributed by atoms with E-state index in [1.807, 2.05) is 12.1 Å². The van der Waals surface area contributed by atoms with Crippen LogP contribution in [0.1, 0.15) is 53.6 Å². The molecule has 1 fully saturated rings. The number of hydrogen-bond donors (Lipinski definition) is 1. The summed E-state index contributed by atoms with van der Waals surface area (Å²) in [5.41, 5.74) is 6.23. The minimum Gasteiger partial charge on any atom is -0.478 e. The maximum Gasteiger partial charge on any atom is 0.335 e. The van der Waals surface area contributed by atoms with Crippen LogP contribution in [-0.2, 0) is 19.4 Å². The molecule has 0 saturated heterocycles. The lowest BCUT2D eigenvalue weighted by Crippen LogP contribution is -2.15. The summed E-state index contributed by atoms with van der Waals surface area (Å²) in [5.74, 6) is 0.900. The molecule has 0 atom stereocenters. The second-order valence-electron chi connectivity index (χ2n) is 9.20. The molecule has 0 bridgehead atoms. The molecule has 1 N–H and O–H groups in total. The molecule has 4 heteroatoms. The van der Waals surface area contributed by atoms with E-state index in [2.05, 4.69) is 53.1 Å². The number of rotatable bonds is 7. The van der Waals surface area contributed by atoms with Crippen molar-refractivity contribution in [1.82, 2.24) is 9.55 Å². The SMILES string of the molecule is O=C(O)c1ccc(CCc2ccccc2-c2nc3ccccc3n2CC2CCCCC2)cc1. The van der Waals surface area contributed by atoms with Crippen LogP contribution >= 0.6 is 0 Å². The lowest BCUT2D eigenvalue weighted by molar-refractivity contribution is 0.0697. The molecule has 0 aliphatic heterocycles. The summed E-state index contributed by atoms with van der Waals surface area (Å²) in [6.07, 6.45) is 8.40. The van der Waals surface area contributed by atoms with Crippen LogP contribution in [0.4, 0.5) is 0 Å². The Morgan fingerprint density at radius 1 is 0.879 bits per heavy atom. The number of hydrogen-bond acceptors (Lipinski definition) is 2. The molecule has 168 valence electrons. The third-order valence-electron chi connectivity index (χ3n) is 6.96. The maximum absolute atomic E-state index is 11.1. The second kappa shape index (κ2) is 9.62. The molecule has 1 aliphatic rings. The van der Waals surface area contributed by atoms with Gasteiger partial charge in [0.2, 0.25) is 0 Å². The summed E-state index contributed by atoms with van der Waals surface area (Å²) in [7, 11) is 0. The van der Waals surface area contributed by atoms with Gasteiger partial charge in [-0.2, -0.15) is 0 Å². The second-order valence-corrected chi connectivity index (χ2v) is 9.20. The number of imidazole rings is 1.